The molecule has 0 aromatic heterocycles. The second kappa shape index (κ2) is 9.95. The first kappa shape index (κ1) is 23.9. The van der Waals surface area contributed by atoms with Gasteiger partial charge in [-0.1, -0.05) is 48.9 Å². The lowest BCUT2D eigenvalue weighted by molar-refractivity contribution is -0.133. The number of anilines is 1. The van der Waals surface area contributed by atoms with Crippen molar-refractivity contribution in [1.29, 1.82) is 0 Å². The third kappa shape index (κ3) is 5.13. The van der Waals surface area contributed by atoms with Crippen molar-refractivity contribution < 1.29 is 14.4 Å². The fraction of sp³-hybridized carbons (Fsp3) is 0.423. The Morgan fingerprint density at radius 3 is 2.21 bits per heavy atom. The summed E-state index contributed by atoms with van der Waals surface area (Å²) >= 11 is 0. The van der Waals surface area contributed by atoms with Gasteiger partial charge in [0.15, 0.2) is 0 Å². The maximum Gasteiger partial charge on any atom is 0.325 e. The summed E-state index contributed by atoms with van der Waals surface area (Å²) in [5.74, 6) is -0.852. The largest absolute Gasteiger partial charge is 0.325 e. The molecule has 2 heterocycles. The molecule has 8 nitrogen and oxygen atoms in total. The zero-order chi connectivity index (χ0) is 24.3. The van der Waals surface area contributed by atoms with Gasteiger partial charge in [0.1, 0.15) is 12.1 Å². The molecule has 2 N–H and O–H groups in total. The molecule has 2 aliphatic heterocycles. The highest BCUT2D eigenvalue weighted by Gasteiger charge is 2.49. The van der Waals surface area contributed by atoms with Gasteiger partial charge >= 0.3 is 6.03 Å². The normalized spacial score (nSPS) is 21.6. The van der Waals surface area contributed by atoms with Crippen LogP contribution in [0.2, 0.25) is 0 Å². The Bertz CT molecular complexity index is 1050. The number of hydrogen-bond donors (Lipinski definition) is 2. The van der Waals surface area contributed by atoms with Crippen LogP contribution in [0.15, 0.2) is 48.5 Å². The zero-order valence-electron chi connectivity index (χ0n) is 20.1. The van der Waals surface area contributed by atoms with Crippen LogP contribution < -0.4 is 10.6 Å². The van der Waals surface area contributed by atoms with Gasteiger partial charge in [0.25, 0.3) is 5.91 Å². The quantitative estimate of drug-likeness (QED) is 0.617. The average Bonchev–Trinajstić information content (AvgIpc) is 3.05. The summed E-state index contributed by atoms with van der Waals surface area (Å²) in [6, 6.07) is 14.6. The van der Waals surface area contributed by atoms with E-state index < -0.39 is 23.4 Å². The highest BCUT2D eigenvalue weighted by molar-refractivity contribution is 6.10. The minimum absolute atomic E-state index is 0.338. The van der Waals surface area contributed by atoms with E-state index in [1.165, 1.54) is 5.56 Å². The van der Waals surface area contributed by atoms with Gasteiger partial charge in [-0.15, -0.1) is 0 Å². The molecule has 0 bridgehead atoms. The van der Waals surface area contributed by atoms with Crippen molar-refractivity contribution in [3.63, 3.8) is 0 Å². The van der Waals surface area contributed by atoms with Crippen LogP contribution in [0.25, 0.3) is 0 Å². The summed E-state index contributed by atoms with van der Waals surface area (Å²) in [6.07, 6.45) is 0. The van der Waals surface area contributed by atoms with Gasteiger partial charge in [-0.05, 0) is 43.7 Å². The second-order valence-electron chi connectivity index (χ2n) is 9.27. The number of amides is 4. The second-order valence-corrected chi connectivity index (χ2v) is 9.27. The van der Waals surface area contributed by atoms with Crippen LogP contribution in [-0.2, 0) is 21.7 Å². The monoisotopic (exact) mass is 463 g/mol. The lowest BCUT2D eigenvalue weighted by atomic mass is 9.91. The van der Waals surface area contributed by atoms with Crippen LogP contribution in [0.3, 0.4) is 0 Å². The number of carbonyl (C=O) groups is 3. The molecular formula is C26H33N5O3. The van der Waals surface area contributed by atoms with E-state index in [1.54, 1.807) is 6.92 Å². The molecule has 0 radical (unpaired) electrons. The Morgan fingerprint density at radius 2 is 1.59 bits per heavy atom. The van der Waals surface area contributed by atoms with Crippen molar-refractivity contribution in [3.8, 4) is 0 Å². The molecule has 34 heavy (non-hydrogen) atoms. The third-order valence-electron chi connectivity index (χ3n) is 6.76. The molecule has 0 aliphatic carbocycles. The number of nitrogens with zero attached hydrogens (tertiary/aromatic N) is 3. The number of aryl methyl sites for hydroxylation is 1. The SMILES string of the molecule is CCN1CCN(Cc2ccc(NC(=O)CN3C(=O)NC(C)(c4ccc(C)cc4)C3=O)cc2)CC1. The number of hydrogen-bond acceptors (Lipinski definition) is 5. The number of rotatable bonds is 7. The van der Waals surface area contributed by atoms with E-state index in [0.29, 0.717) is 11.3 Å². The summed E-state index contributed by atoms with van der Waals surface area (Å²) in [7, 11) is 0. The van der Waals surface area contributed by atoms with Crippen molar-refractivity contribution in [1.82, 2.24) is 20.0 Å². The Kier molecular flexibility index (Phi) is 7.00. The molecule has 2 aromatic carbocycles. The molecule has 2 saturated heterocycles. The molecule has 1 unspecified atom stereocenters. The summed E-state index contributed by atoms with van der Waals surface area (Å²) in [4.78, 5) is 44.0. The summed E-state index contributed by atoms with van der Waals surface area (Å²) in [5, 5.41) is 5.53. The Labute approximate surface area is 200 Å². The van der Waals surface area contributed by atoms with Crippen molar-refractivity contribution in [2.24, 2.45) is 0 Å². The maximum atomic E-state index is 13.0. The molecule has 2 fully saturated rings. The first-order valence-electron chi connectivity index (χ1n) is 11.8. The fourth-order valence-electron chi connectivity index (χ4n) is 4.48. The average molecular weight is 464 g/mol. The molecule has 0 spiro atoms. The smallest absolute Gasteiger partial charge is 0.325 e. The van der Waals surface area contributed by atoms with E-state index in [0.717, 1.165) is 49.7 Å². The van der Waals surface area contributed by atoms with Gasteiger partial charge in [-0.2, -0.15) is 0 Å². The van der Waals surface area contributed by atoms with E-state index in [2.05, 4.69) is 27.4 Å². The van der Waals surface area contributed by atoms with Crippen LogP contribution >= 0.6 is 0 Å². The van der Waals surface area contributed by atoms with Crippen LogP contribution in [0.1, 0.15) is 30.5 Å². The van der Waals surface area contributed by atoms with E-state index in [9.17, 15) is 14.4 Å². The number of likely N-dealkylation sites (N-methyl/N-ethyl adjacent to an activating group) is 1. The lowest BCUT2D eigenvalue weighted by Gasteiger charge is -2.34. The fourth-order valence-corrected chi connectivity index (χ4v) is 4.48. The molecule has 2 aromatic rings. The topological polar surface area (TPSA) is 85.0 Å². The number of piperazine rings is 1. The first-order chi connectivity index (χ1) is 16.3. The number of nitrogens with one attached hydrogen (secondary N) is 2. The summed E-state index contributed by atoms with van der Waals surface area (Å²) in [5.41, 5.74) is 2.38. The number of benzene rings is 2. The molecule has 2 aliphatic rings. The van der Waals surface area contributed by atoms with Gasteiger partial charge in [0, 0.05) is 38.4 Å². The number of carbonyl (C=O) groups excluding carboxylic acids is 3. The Hall–Kier alpha value is -3.23. The molecule has 180 valence electrons. The highest BCUT2D eigenvalue weighted by Crippen LogP contribution is 2.29. The molecule has 8 heteroatoms. The molecule has 0 saturated carbocycles. The van der Waals surface area contributed by atoms with E-state index >= 15 is 0 Å². The minimum Gasteiger partial charge on any atom is -0.325 e. The van der Waals surface area contributed by atoms with Gasteiger partial charge < -0.3 is 15.5 Å². The molecular weight excluding hydrogens is 430 g/mol. The molecule has 4 amide bonds. The minimum atomic E-state index is -1.19. The van der Waals surface area contributed by atoms with Gasteiger partial charge in [-0.25, -0.2) is 4.79 Å². The van der Waals surface area contributed by atoms with Crippen molar-refractivity contribution >= 4 is 23.5 Å². The summed E-state index contributed by atoms with van der Waals surface area (Å²) in [6.45, 7) is 11.7. The van der Waals surface area contributed by atoms with Crippen LogP contribution in [0, 0.1) is 6.92 Å². The number of urea groups is 1. The molecule has 4 rings (SSSR count). The maximum absolute atomic E-state index is 13.0. The van der Waals surface area contributed by atoms with E-state index in [-0.39, 0.29) is 6.54 Å². The van der Waals surface area contributed by atoms with Gasteiger partial charge in [-0.3, -0.25) is 19.4 Å². The van der Waals surface area contributed by atoms with Crippen molar-refractivity contribution in [3.05, 3.63) is 65.2 Å². The van der Waals surface area contributed by atoms with E-state index in [4.69, 9.17) is 0 Å². The van der Waals surface area contributed by atoms with E-state index in [1.807, 2.05) is 55.5 Å². The van der Waals surface area contributed by atoms with Crippen LogP contribution in [0.5, 0.6) is 0 Å². The van der Waals surface area contributed by atoms with Gasteiger partial charge in [0.2, 0.25) is 5.91 Å². The molecule has 1 atom stereocenters. The lowest BCUT2D eigenvalue weighted by Crippen LogP contribution is -2.45. The van der Waals surface area contributed by atoms with Gasteiger partial charge in [0.05, 0.1) is 0 Å². The third-order valence-corrected chi connectivity index (χ3v) is 6.76. The van der Waals surface area contributed by atoms with Crippen LogP contribution in [0.4, 0.5) is 10.5 Å². The summed E-state index contributed by atoms with van der Waals surface area (Å²) < 4.78 is 0. The van der Waals surface area contributed by atoms with Crippen molar-refractivity contribution in [2.75, 3.05) is 44.6 Å². The predicted octanol–water partition coefficient (Wildman–Crippen LogP) is 2.54. The highest BCUT2D eigenvalue weighted by atomic mass is 16.2. The van der Waals surface area contributed by atoms with Crippen molar-refractivity contribution in [2.45, 2.75) is 32.9 Å². The number of imide groups is 1. The Morgan fingerprint density at radius 1 is 0.971 bits per heavy atom. The first-order valence-corrected chi connectivity index (χ1v) is 11.8. The van der Waals surface area contributed by atoms with Crippen LogP contribution in [-0.4, -0.2) is 71.8 Å². The Balaban J connectivity index is 1.32. The predicted molar refractivity (Wildman–Crippen MR) is 131 cm³/mol. The zero-order valence-corrected chi connectivity index (χ0v) is 20.1. The standard InChI is InChI=1S/C26H33N5O3/c1-4-29-13-15-30(16-14-29)17-20-7-11-22(12-8-20)27-23(32)18-31-24(33)26(3,28-25(31)34)21-9-5-19(2)6-10-21/h5-12H,4,13-18H2,1-3H3,(H,27,32)(H,28,34).